The van der Waals surface area contributed by atoms with E-state index in [0.29, 0.717) is 11.3 Å². The zero-order valence-electron chi connectivity index (χ0n) is 16.7. The molecule has 1 aliphatic heterocycles. The van der Waals surface area contributed by atoms with Crippen LogP contribution in [0.2, 0.25) is 5.02 Å². The van der Waals surface area contributed by atoms with E-state index < -0.39 is 28.0 Å². The number of benzene rings is 3. The van der Waals surface area contributed by atoms with Gasteiger partial charge in [-0.25, -0.2) is 17.5 Å². The molecule has 0 unspecified atom stereocenters. The van der Waals surface area contributed by atoms with Gasteiger partial charge >= 0.3 is 6.03 Å². The van der Waals surface area contributed by atoms with E-state index in [2.05, 4.69) is 10.6 Å². The SMILES string of the molecule is Nc1ccc(C(=O)Nc2ccc(S(=O)(=O)N3C[C@H](c4ccccc4)NC3=O)cc2Cl)cc1. The number of sulfonamides is 1. The first-order valence-electron chi connectivity index (χ1n) is 9.60. The fraction of sp³-hybridized carbons (Fsp3) is 0.0909. The monoisotopic (exact) mass is 470 g/mol. The topological polar surface area (TPSA) is 122 Å². The Kier molecular flexibility index (Phi) is 5.77. The second-order valence-corrected chi connectivity index (χ2v) is 9.44. The van der Waals surface area contributed by atoms with Crippen LogP contribution in [-0.2, 0) is 10.0 Å². The van der Waals surface area contributed by atoms with Crippen molar-refractivity contribution in [3.8, 4) is 0 Å². The van der Waals surface area contributed by atoms with E-state index in [1.54, 1.807) is 24.3 Å². The average Bonchev–Trinajstić information content (AvgIpc) is 3.18. The molecule has 4 rings (SSSR count). The summed E-state index contributed by atoms with van der Waals surface area (Å²) in [5.41, 5.74) is 7.55. The summed E-state index contributed by atoms with van der Waals surface area (Å²) in [5.74, 6) is -0.424. The van der Waals surface area contributed by atoms with Crippen molar-refractivity contribution >= 4 is 44.9 Å². The lowest BCUT2D eigenvalue weighted by Gasteiger charge is -2.16. The highest BCUT2D eigenvalue weighted by atomic mass is 35.5. The van der Waals surface area contributed by atoms with Crippen LogP contribution in [0, 0.1) is 0 Å². The molecule has 1 heterocycles. The van der Waals surface area contributed by atoms with Gasteiger partial charge in [-0.15, -0.1) is 0 Å². The lowest BCUT2D eigenvalue weighted by molar-refractivity contribution is 0.102. The number of halogens is 1. The van der Waals surface area contributed by atoms with Gasteiger partial charge in [0, 0.05) is 11.3 Å². The zero-order valence-corrected chi connectivity index (χ0v) is 18.2. The highest BCUT2D eigenvalue weighted by Crippen LogP contribution is 2.30. The molecule has 0 radical (unpaired) electrons. The summed E-state index contributed by atoms with van der Waals surface area (Å²) in [4.78, 5) is 24.6. The Labute approximate surface area is 190 Å². The van der Waals surface area contributed by atoms with Crippen molar-refractivity contribution in [2.75, 3.05) is 17.6 Å². The summed E-state index contributed by atoms with van der Waals surface area (Å²) in [5, 5.41) is 5.33. The van der Waals surface area contributed by atoms with Crippen molar-refractivity contribution in [3.63, 3.8) is 0 Å². The van der Waals surface area contributed by atoms with Crippen molar-refractivity contribution in [2.45, 2.75) is 10.9 Å². The molecule has 1 saturated heterocycles. The van der Waals surface area contributed by atoms with Crippen molar-refractivity contribution < 1.29 is 18.0 Å². The Hall–Kier alpha value is -3.56. The molecule has 8 nitrogen and oxygen atoms in total. The van der Waals surface area contributed by atoms with E-state index in [1.807, 2.05) is 30.3 Å². The van der Waals surface area contributed by atoms with Gasteiger partial charge in [-0.3, -0.25) is 4.79 Å². The van der Waals surface area contributed by atoms with Crippen molar-refractivity contribution in [1.29, 1.82) is 0 Å². The number of urea groups is 1. The number of nitrogens with one attached hydrogen (secondary N) is 2. The van der Waals surface area contributed by atoms with E-state index in [1.165, 1.54) is 18.2 Å². The van der Waals surface area contributed by atoms with Crippen LogP contribution in [-0.4, -0.2) is 31.2 Å². The molecule has 32 heavy (non-hydrogen) atoms. The maximum absolute atomic E-state index is 13.1. The second-order valence-electron chi connectivity index (χ2n) is 7.17. The van der Waals surface area contributed by atoms with Gasteiger partial charge < -0.3 is 16.4 Å². The van der Waals surface area contributed by atoms with Gasteiger partial charge in [-0.05, 0) is 48.0 Å². The molecule has 1 atom stereocenters. The van der Waals surface area contributed by atoms with Gasteiger partial charge in [0.05, 0.1) is 28.2 Å². The third kappa shape index (κ3) is 4.25. The lowest BCUT2D eigenvalue weighted by Crippen LogP contribution is -2.34. The third-order valence-corrected chi connectivity index (χ3v) is 7.08. The highest BCUT2D eigenvalue weighted by Gasteiger charge is 2.38. The number of rotatable bonds is 5. The number of amides is 3. The maximum Gasteiger partial charge on any atom is 0.331 e. The molecule has 1 aliphatic rings. The van der Waals surface area contributed by atoms with Crippen LogP contribution in [0.15, 0.2) is 77.7 Å². The number of nitrogen functional groups attached to an aromatic ring is 1. The van der Waals surface area contributed by atoms with Crippen LogP contribution in [0.3, 0.4) is 0 Å². The van der Waals surface area contributed by atoms with Gasteiger partial charge in [0.2, 0.25) is 0 Å². The molecule has 0 saturated carbocycles. The first kappa shape index (κ1) is 21.7. The minimum atomic E-state index is -4.14. The van der Waals surface area contributed by atoms with Crippen LogP contribution >= 0.6 is 11.6 Å². The summed E-state index contributed by atoms with van der Waals surface area (Å²) >= 11 is 6.24. The molecule has 3 aromatic carbocycles. The van der Waals surface area contributed by atoms with E-state index in [4.69, 9.17) is 17.3 Å². The van der Waals surface area contributed by atoms with Gasteiger partial charge in [-0.2, -0.15) is 0 Å². The fourth-order valence-electron chi connectivity index (χ4n) is 3.31. The standard InChI is InChI=1S/C22H19ClN4O4S/c23-18-12-17(10-11-19(18)25-21(28)15-6-8-16(24)9-7-15)32(30,31)27-13-20(26-22(27)29)14-4-2-1-3-5-14/h1-12,20H,13,24H2,(H,25,28)(H,26,29)/t20-/m1/s1. The van der Waals surface area contributed by atoms with Gasteiger partial charge in [0.1, 0.15) is 0 Å². The van der Waals surface area contributed by atoms with Crippen LogP contribution in [0.25, 0.3) is 0 Å². The van der Waals surface area contributed by atoms with Gasteiger partial charge in [0.25, 0.3) is 15.9 Å². The summed E-state index contributed by atoms with van der Waals surface area (Å²) in [6.45, 7) is -0.0432. The van der Waals surface area contributed by atoms with E-state index in [-0.39, 0.29) is 22.2 Å². The van der Waals surface area contributed by atoms with Crippen LogP contribution in [0.5, 0.6) is 0 Å². The van der Waals surface area contributed by atoms with Crippen LogP contribution in [0.1, 0.15) is 22.0 Å². The Balaban J connectivity index is 1.53. The lowest BCUT2D eigenvalue weighted by atomic mass is 10.1. The molecule has 0 aliphatic carbocycles. The quantitative estimate of drug-likeness (QED) is 0.491. The number of hydrogen-bond acceptors (Lipinski definition) is 5. The number of nitrogens with two attached hydrogens (primary N) is 1. The molecule has 3 amide bonds. The van der Waals surface area contributed by atoms with Crippen LogP contribution in [0.4, 0.5) is 16.2 Å². The van der Waals surface area contributed by atoms with Crippen molar-refractivity contribution in [3.05, 3.63) is 88.9 Å². The van der Waals surface area contributed by atoms with E-state index in [0.717, 1.165) is 9.87 Å². The van der Waals surface area contributed by atoms with Gasteiger partial charge in [-0.1, -0.05) is 41.9 Å². The second kappa shape index (κ2) is 8.52. The minimum Gasteiger partial charge on any atom is -0.399 e. The first-order valence-corrected chi connectivity index (χ1v) is 11.4. The zero-order chi connectivity index (χ0) is 22.9. The molecular weight excluding hydrogens is 452 g/mol. The number of nitrogens with zero attached hydrogens (tertiary/aromatic N) is 1. The van der Waals surface area contributed by atoms with E-state index >= 15 is 0 Å². The molecule has 3 aromatic rings. The minimum absolute atomic E-state index is 0.0223. The molecule has 4 N–H and O–H groups in total. The average molecular weight is 471 g/mol. The summed E-state index contributed by atoms with van der Waals surface area (Å²) in [6.07, 6.45) is 0. The predicted octanol–water partition coefficient (Wildman–Crippen LogP) is 3.63. The summed E-state index contributed by atoms with van der Waals surface area (Å²) in [6, 6.07) is 18.1. The fourth-order valence-corrected chi connectivity index (χ4v) is 4.98. The Morgan fingerprint density at radius 2 is 1.75 bits per heavy atom. The molecule has 10 heteroatoms. The number of hydrogen-bond donors (Lipinski definition) is 3. The summed E-state index contributed by atoms with van der Waals surface area (Å²) < 4.78 is 26.9. The molecule has 164 valence electrons. The van der Waals surface area contributed by atoms with Crippen LogP contribution < -0.4 is 16.4 Å². The Morgan fingerprint density at radius 1 is 1.06 bits per heavy atom. The first-order chi connectivity index (χ1) is 15.3. The number of carbonyl (C=O) groups is 2. The molecule has 0 bridgehead atoms. The molecule has 1 fully saturated rings. The van der Waals surface area contributed by atoms with Crippen molar-refractivity contribution in [2.24, 2.45) is 0 Å². The third-order valence-electron chi connectivity index (χ3n) is 5.02. The highest BCUT2D eigenvalue weighted by molar-refractivity contribution is 7.89. The Bertz CT molecular complexity index is 1280. The van der Waals surface area contributed by atoms with E-state index in [9.17, 15) is 18.0 Å². The smallest absolute Gasteiger partial charge is 0.331 e. The molecule has 0 aromatic heterocycles. The van der Waals surface area contributed by atoms with Crippen molar-refractivity contribution in [1.82, 2.24) is 9.62 Å². The van der Waals surface area contributed by atoms with Gasteiger partial charge in [0.15, 0.2) is 0 Å². The molecule has 0 spiro atoms. The molecular formula is C22H19ClN4O4S. The maximum atomic E-state index is 13.1. The normalized spacial score (nSPS) is 16.0. The predicted molar refractivity (Wildman–Crippen MR) is 122 cm³/mol. The number of anilines is 2. The number of carbonyl (C=O) groups excluding carboxylic acids is 2. The Morgan fingerprint density at radius 3 is 2.41 bits per heavy atom. The summed E-state index contributed by atoms with van der Waals surface area (Å²) in [7, 11) is -4.14. The largest absolute Gasteiger partial charge is 0.399 e.